The first-order chi connectivity index (χ1) is 5.20. The fraction of sp³-hybridized carbons (Fsp3) is 0.250. The third-order valence-corrected chi connectivity index (χ3v) is 1.39. The zero-order chi connectivity index (χ0) is 8.27. The number of nitrogens with two attached hydrogens (primary N) is 1. The van der Waals surface area contributed by atoms with Gasteiger partial charge in [-0.2, -0.15) is 0 Å². The first-order valence-electron chi connectivity index (χ1n) is 3.37. The summed E-state index contributed by atoms with van der Waals surface area (Å²) in [5.41, 5.74) is 5.53. The van der Waals surface area contributed by atoms with E-state index in [1.54, 1.807) is 18.2 Å². The second kappa shape index (κ2) is 3.46. The largest absolute Gasteiger partial charge is 0.378 e. The van der Waals surface area contributed by atoms with Gasteiger partial charge in [-0.15, -0.1) is 0 Å². The van der Waals surface area contributed by atoms with E-state index in [0.29, 0.717) is 5.56 Å². The Labute approximate surface area is 64.5 Å². The Balaban J connectivity index is 2.78. The van der Waals surface area contributed by atoms with E-state index in [2.05, 4.69) is 0 Å². The molecule has 0 aromatic heterocycles. The summed E-state index contributed by atoms with van der Waals surface area (Å²) >= 11 is 0. The van der Waals surface area contributed by atoms with Crippen LogP contribution in [0.4, 0.5) is 4.39 Å². The topological polar surface area (TPSA) is 46.2 Å². The van der Waals surface area contributed by atoms with Crippen LogP contribution in [0.1, 0.15) is 5.56 Å². The van der Waals surface area contributed by atoms with Crippen LogP contribution >= 0.6 is 0 Å². The molecule has 0 aliphatic heterocycles. The van der Waals surface area contributed by atoms with Gasteiger partial charge in [-0.3, -0.25) is 0 Å². The number of hydrogen-bond donors (Lipinski definition) is 2. The van der Waals surface area contributed by atoms with Gasteiger partial charge in [-0.25, -0.2) is 4.39 Å². The molecular weight excluding hydrogens is 145 g/mol. The highest BCUT2D eigenvalue weighted by Crippen LogP contribution is 2.07. The van der Waals surface area contributed by atoms with Crippen molar-refractivity contribution in [2.45, 2.75) is 12.6 Å². The fourth-order valence-corrected chi connectivity index (χ4v) is 0.889. The van der Waals surface area contributed by atoms with Gasteiger partial charge < -0.3 is 10.8 Å². The van der Waals surface area contributed by atoms with Crippen LogP contribution in [-0.4, -0.2) is 11.3 Å². The molecule has 0 saturated heterocycles. The molecule has 0 aliphatic carbocycles. The van der Waals surface area contributed by atoms with Crippen LogP contribution in [0.15, 0.2) is 24.3 Å². The lowest BCUT2D eigenvalue weighted by atomic mass is 10.1. The molecule has 3 N–H and O–H groups in total. The molecule has 3 heteroatoms. The summed E-state index contributed by atoms with van der Waals surface area (Å²) in [7, 11) is 0. The molecule has 1 aromatic rings. The quantitative estimate of drug-likeness (QED) is 0.616. The Kier molecular flexibility index (Phi) is 2.57. The average Bonchev–Trinajstić information content (AvgIpc) is 1.93. The van der Waals surface area contributed by atoms with E-state index in [1.807, 2.05) is 0 Å². The number of rotatable bonds is 2. The SMILES string of the molecule is NC(O)Cc1ccccc1F. The van der Waals surface area contributed by atoms with E-state index in [1.165, 1.54) is 6.07 Å². The maximum Gasteiger partial charge on any atom is 0.126 e. The summed E-state index contributed by atoms with van der Waals surface area (Å²) in [5, 5.41) is 8.74. The lowest BCUT2D eigenvalue weighted by Crippen LogP contribution is -2.21. The van der Waals surface area contributed by atoms with Crippen LogP contribution in [0.5, 0.6) is 0 Å². The second-order valence-corrected chi connectivity index (χ2v) is 2.36. The summed E-state index contributed by atoms with van der Waals surface area (Å²) in [6.07, 6.45) is -0.820. The highest BCUT2D eigenvalue weighted by Gasteiger charge is 2.03. The first-order valence-corrected chi connectivity index (χ1v) is 3.37. The van der Waals surface area contributed by atoms with Gasteiger partial charge in [0, 0.05) is 6.42 Å². The van der Waals surface area contributed by atoms with Crippen LogP contribution < -0.4 is 5.73 Å². The van der Waals surface area contributed by atoms with Crippen LogP contribution in [0, 0.1) is 5.82 Å². The van der Waals surface area contributed by atoms with Crippen molar-refractivity contribution in [1.82, 2.24) is 0 Å². The molecule has 2 nitrogen and oxygen atoms in total. The molecule has 11 heavy (non-hydrogen) atoms. The van der Waals surface area contributed by atoms with Crippen molar-refractivity contribution >= 4 is 0 Å². The number of hydrogen-bond acceptors (Lipinski definition) is 2. The third kappa shape index (κ3) is 2.29. The molecule has 1 atom stereocenters. The third-order valence-electron chi connectivity index (χ3n) is 1.39. The molecule has 0 amide bonds. The van der Waals surface area contributed by atoms with Gasteiger partial charge in [0.1, 0.15) is 12.0 Å². The van der Waals surface area contributed by atoms with Crippen molar-refractivity contribution in [3.8, 4) is 0 Å². The zero-order valence-electron chi connectivity index (χ0n) is 6.00. The Morgan fingerprint density at radius 1 is 1.45 bits per heavy atom. The van der Waals surface area contributed by atoms with E-state index >= 15 is 0 Å². The van der Waals surface area contributed by atoms with Gasteiger partial charge in [0.05, 0.1) is 0 Å². The van der Waals surface area contributed by atoms with Crippen molar-refractivity contribution in [2.24, 2.45) is 5.73 Å². The smallest absolute Gasteiger partial charge is 0.126 e. The summed E-state index contributed by atoms with van der Waals surface area (Å²) in [5.74, 6) is -0.322. The van der Waals surface area contributed by atoms with Crippen molar-refractivity contribution in [1.29, 1.82) is 0 Å². The summed E-state index contributed by atoms with van der Waals surface area (Å²) in [4.78, 5) is 0. The normalized spacial score (nSPS) is 13.0. The Bertz CT molecular complexity index is 237. The number of aliphatic hydroxyl groups is 1. The van der Waals surface area contributed by atoms with Crippen LogP contribution in [0.3, 0.4) is 0 Å². The second-order valence-electron chi connectivity index (χ2n) is 2.36. The molecule has 1 unspecified atom stereocenters. The first kappa shape index (κ1) is 8.17. The molecule has 0 heterocycles. The number of benzene rings is 1. The van der Waals surface area contributed by atoms with Crippen molar-refractivity contribution in [3.63, 3.8) is 0 Å². The van der Waals surface area contributed by atoms with Crippen molar-refractivity contribution in [3.05, 3.63) is 35.6 Å². The molecule has 1 rings (SSSR count). The Morgan fingerprint density at radius 3 is 2.64 bits per heavy atom. The maximum atomic E-state index is 12.8. The van der Waals surface area contributed by atoms with Crippen molar-refractivity contribution in [2.75, 3.05) is 0 Å². The molecule has 0 bridgehead atoms. The lowest BCUT2D eigenvalue weighted by molar-refractivity contribution is 0.181. The Hall–Kier alpha value is -0.930. The van der Waals surface area contributed by atoms with E-state index in [4.69, 9.17) is 10.8 Å². The monoisotopic (exact) mass is 155 g/mol. The number of halogens is 1. The van der Waals surface area contributed by atoms with Gasteiger partial charge in [-0.05, 0) is 11.6 Å². The standard InChI is InChI=1S/C8H10FNO/c9-7-4-2-1-3-6(7)5-8(10)11/h1-4,8,11H,5,10H2. The van der Waals surface area contributed by atoms with Crippen LogP contribution in [0.2, 0.25) is 0 Å². The highest BCUT2D eigenvalue weighted by atomic mass is 19.1. The van der Waals surface area contributed by atoms with Gasteiger partial charge in [0.25, 0.3) is 0 Å². The average molecular weight is 155 g/mol. The van der Waals surface area contributed by atoms with Crippen molar-refractivity contribution < 1.29 is 9.50 Å². The van der Waals surface area contributed by atoms with Gasteiger partial charge >= 0.3 is 0 Å². The van der Waals surface area contributed by atoms with E-state index < -0.39 is 6.23 Å². The molecule has 0 radical (unpaired) electrons. The van der Waals surface area contributed by atoms with Crippen LogP contribution in [0.25, 0.3) is 0 Å². The molecule has 1 aromatic carbocycles. The lowest BCUT2D eigenvalue weighted by Gasteiger charge is -2.04. The van der Waals surface area contributed by atoms with E-state index in [-0.39, 0.29) is 12.2 Å². The maximum absolute atomic E-state index is 12.8. The predicted molar refractivity (Wildman–Crippen MR) is 40.3 cm³/mol. The summed E-state index contributed by atoms with van der Waals surface area (Å²) in [6, 6.07) is 6.26. The van der Waals surface area contributed by atoms with E-state index in [9.17, 15) is 4.39 Å². The predicted octanol–water partition coefficient (Wildman–Crippen LogP) is 0.645. The summed E-state index contributed by atoms with van der Waals surface area (Å²) in [6.45, 7) is 0. The molecule has 0 fully saturated rings. The molecule has 0 spiro atoms. The van der Waals surface area contributed by atoms with Gasteiger partial charge in [0.2, 0.25) is 0 Å². The van der Waals surface area contributed by atoms with Gasteiger partial charge in [0.15, 0.2) is 0 Å². The fourth-order valence-electron chi connectivity index (χ4n) is 0.889. The summed E-state index contributed by atoms with van der Waals surface area (Å²) < 4.78 is 12.8. The minimum atomic E-state index is -0.980. The number of aliphatic hydroxyl groups excluding tert-OH is 1. The van der Waals surface area contributed by atoms with Crippen LogP contribution in [-0.2, 0) is 6.42 Å². The Morgan fingerprint density at radius 2 is 2.09 bits per heavy atom. The molecule has 60 valence electrons. The molecule has 0 saturated carbocycles. The van der Waals surface area contributed by atoms with E-state index in [0.717, 1.165) is 0 Å². The molecular formula is C8H10FNO. The zero-order valence-corrected chi connectivity index (χ0v) is 6.00. The highest BCUT2D eigenvalue weighted by molar-refractivity contribution is 5.17. The minimum absolute atomic E-state index is 0.159. The minimum Gasteiger partial charge on any atom is -0.378 e. The molecule has 0 aliphatic rings. The van der Waals surface area contributed by atoms with Gasteiger partial charge in [-0.1, -0.05) is 18.2 Å².